The van der Waals surface area contributed by atoms with Gasteiger partial charge in [-0.1, -0.05) is 0 Å². The van der Waals surface area contributed by atoms with Gasteiger partial charge < -0.3 is 15.1 Å². The van der Waals surface area contributed by atoms with Crippen LogP contribution in [0.15, 0.2) is 9.62 Å². The third-order valence-electron chi connectivity index (χ3n) is 1.55. The Morgan fingerprint density at radius 3 is 3.23 bits per heavy atom. The molecule has 0 aliphatic carbocycles. The summed E-state index contributed by atoms with van der Waals surface area (Å²) in [5.74, 6) is 0.106. The maximum absolute atomic E-state index is 10.8. The van der Waals surface area contributed by atoms with Gasteiger partial charge in [-0.25, -0.2) is 0 Å². The van der Waals surface area contributed by atoms with Crippen LogP contribution in [0.25, 0.3) is 0 Å². The summed E-state index contributed by atoms with van der Waals surface area (Å²) in [5.41, 5.74) is -0.0826. The van der Waals surface area contributed by atoms with Crippen molar-refractivity contribution >= 4 is 11.8 Å². The highest BCUT2D eigenvalue weighted by Gasteiger charge is 2.32. The van der Waals surface area contributed by atoms with Crippen molar-refractivity contribution in [3.05, 3.63) is 10.9 Å². The van der Waals surface area contributed by atoms with E-state index < -0.39 is 6.23 Å². The number of aromatic nitrogens is 2. The first kappa shape index (κ1) is 7.80. The van der Waals surface area contributed by atoms with Crippen molar-refractivity contribution in [2.24, 2.45) is 4.99 Å². The molecule has 0 aromatic carbocycles. The van der Waals surface area contributed by atoms with Crippen molar-refractivity contribution in [1.29, 1.82) is 0 Å². The van der Waals surface area contributed by atoms with Gasteiger partial charge in [0.25, 0.3) is 11.7 Å². The molecule has 1 unspecified atom stereocenters. The van der Waals surface area contributed by atoms with Crippen LogP contribution < -0.4 is 10.2 Å². The van der Waals surface area contributed by atoms with Crippen LogP contribution in [0.1, 0.15) is 11.9 Å². The molecule has 0 fully saturated rings. The molecule has 0 radical (unpaired) electrons. The van der Waals surface area contributed by atoms with E-state index in [1.165, 1.54) is 7.11 Å². The molecule has 1 aromatic heterocycles. The number of hydrogen-bond acceptors (Lipinski definition) is 7. The van der Waals surface area contributed by atoms with Gasteiger partial charge in [0, 0.05) is 0 Å². The largest absolute Gasteiger partial charge is 0.468 e. The Labute approximate surface area is 72.0 Å². The number of nitrogens with zero attached hydrogens (tertiary/aromatic N) is 3. The summed E-state index contributed by atoms with van der Waals surface area (Å²) in [6.45, 7) is 0. The summed E-state index contributed by atoms with van der Waals surface area (Å²) in [6, 6.07) is 0.0777. The summed E-state index contributed by atoms with van der Waals surface area (Å²) >= 11 is 0. The average Bonchev–Trinajstić information content (AvgIpc) is 2.48. The second-order valence-electron chi connectivity index (χ2n) is 2.30. The summed E-state index contributed by atoms with van der Waals surface area (Å²) < 4.78 is 8.95. The van der Waals surface area contributed by atoms with E-state index in [0.717, 1.165) is 0 Å². The molecule has 2 heterocycles. The molecule has 2 rings (SSSR count). The quantitative estimate of drug-likeness (QED) is 0.489. The number of aliphatic hydroxyl groups excluding tert-OH is 1. The lowest BCUT2D eigenvalue weighted by Crippen LogP contribution is -2.33. The topological polar surface area (TPSA) is 107 Å². The molecule has 0 amide bonds. The zero-order valence-corrected chi connectivity index (χ0v) is 6.59. The molecule has 13 heavy (non-hydrogen) atoms. The summed E-state index contributed by atoms with van der Waals surface area (Å²) in [4.78, 5) is 3.68. The SMILES string of the molecule is COC1=NC(O)c2c(no[n+]2[O-])N1. The number of fused-ring (bicyclic) bond motifs is 1. The number of ether oxygens (including phenoxy) is 1. The number of rotatable bonds is 0. The van der Waals surface area contributed by atoms with Gasteiger partial charge in [0.05, 0.1) is 12.3 Å². The van der Waals surface area contributed by atoms with Gasteiger partial charge in [0.15, 0.2) is 0 Å². The molecule has 0 saturated heterocycles. The van der Waals surface area contributed by atoms with Gasteiger partial charge in [-0.3, -0.25) is 9.95 Å². The minimum absolute atomic E-state index is 0.0777. The fourth-order valence-corrected chi connectivity index (χ4v) is 0.968. The molecule has 1 atom stereocenters. The Balaban J connectivity index is 2.41. The fourth-order valence-electron chi connectivity index (χ4n) is 0.968. The molecular formula is C5H6N4O4. The summed E-state index contributed by atoms with van der Waals surface area (Å²) in [5, 5.41) is 26.0. The lowest BCUT2D eigenvalue weighted by atomic mass is 10.3. The predicted molar refractivity (Wildman–Crippen MR) is 38.5 cm³/mol. The van der Waals surface area contributed by atoms with Gasteiger partial charge in [-0.2, -0.15) is 4.99 Å². The van der Waals surface area contributed by atoms with Crippen LogP contribution in [-0.4, -0.2) is 23.4 Å². The van der Waals surface area contributed by atoms with Crippen molar-refractivity contribution in [1.82, 2.24) is 5.16 Å². The van der Waals surface area contributed by atoms with E-state index >= 15 is 0 Å². The Morgan fingerprint density at radius 2 is 2.54 bits per heavy atom. The van der Waals surface area contributed by atoms with E-state index in [-0.39, 0.29) is 22.4 Å². The van der Waals surface area contributed by atoms with E-state index in [1.807, 2.05) is 0 Å². The summed E-state index contributed by atoms with van der Waals surface area (Å²) in [7, 11) is 1.37. The van der Waals surface area contributed by atoms with E-state index in [1.54, 1.807) is 0 Å². The number of hydrogen-bond donors (Lipinski definition) is 2. The van der Waals surface area contributed by atoms with Crippen LogP contribution in [0.2, 0.25) is 0 Å². The van der Waals surface area contributed by atoms with Crippen LogP contribution >= 0.6 is 0 Å². The van der Waals surface area contributed by atoms with Crippen molar-refractivity contribution in [3.63, 3.8) is 0 Å². The van der Waals surface area contributed by atoms with Crippen LogP contribution in [0.3, 0.4) is 0 Å². The maximum atomic E-state index is 10.8. The van der Waals surface area contributed by atoms with Gasteiger partial charge in [0.1, 0.15) is 0 Å². The minimum Gasteiger partial charge on any atom is -0.468 e. The molecule has 0 saturated carbocycles. The van der Waals surface area contributed by atoms with E-state index in [9.17, 15) is 10.3 Å². The van der Waals surface area contributed by atoms with Crippen molar-refractivity contribution in [2.45, 2.75) is 6.23 Å². The Bertz CT molecular complexity index is 359. The van der Waals surface area contributed by atoms with Gasteiger partial charge in [-0.15, -0.1) is 0 Å². The number of amidine groups is 1. The van der Waals surface area contributed by atoms with E-state index in [0.29, 0.717) is 0 Å². The first-order valence-corrected chi connectivity index (χ1v) is 3.39. The third-order valence-corrected chi connectivity index (χ3v) is 1.55. The number of nitrogens with one attached hydrogen (secondary N) is 1. The normalized spacial score (nSPS) is 20.2. The van der Waals surface area contributed by atoms with Crippen LogP contribution in [0.5, 0.6) is 0 Å². The van der Waals surface area contributed by atoms with E-state index in [4.69, 9.17) is 4.74 Å². The number of aliphatic hydroxyl groups is 1. The first-order chi connectivity index (χ1) is 6.22. The molecular weight excluding hydrogens is 180 g/mol. The zero-order chi connectivity index (χ0) is 9.42. The molecule has 1 aliphatic heterocycles. The monoisotopic (exact) mass is 186 g/mol. The molecule has 1 aromatic rings. The Hall–Kier alpha value is -1.83. The van der Waals surface area contributed by atoms with Crippen LogP contribution in [-0.2, 0) is 4.74 Å². The van der Waals surface area contributed by atoms with E-state index in [2.05, 4.69) is 20.1 Å². The smallest absolute Gasteiger partial charge is 0.323 e. The highest BCUT2D eigenvalue weighted by molar-refractivity contribution is 5.89. The van der Waals surface area contributed by atoms with Gasteiger partial charge in [-0.05, 0) is 4.90 Å². The molecule has 8 nitrogen and oxygen atoms in total. The lowest BCUT2D eigenvalue weighted by molar-refractivity contribution is -0.810. The van der Waals surface area contributed by atoms with Crippen LogP contribution in [0, 0.1) is 5.21 Å². The second kappa shape index (κ2) is 2.59. The highest BCUT2D eigenvalue weighted by atomic mass is 16.8. The number of anilines is 1. The molecule has 0 bridgehead atoms. The third kappa shape index (κ3) is 1.07. The zero-order valence-electron chi connectivity index (χ0n) is 6.59. The lowest BCUT2D eigenvalue weighted by Gasteiger charge is -2.11. The van der Waals surface area contributed by atoms with Crippen molar-refractivity contribution < 1.29 is 19.4 Å². The molecule has 2 N–H and O–H groups in total. The fraction of sp³-hybridized carbons (Fsp3) is 0.400. The van der Waals surface area contributed by atoms with Crippen molar-refractivity contribution in [2.75, 3.05) is 12.4 Å². The Kier molecular flexibility index (Phi) is 1.55. The Morgan fingerprint density at radius 1 is 1.77 bits per heavy atom. The molecule has 70 valence electrons. The first-order valence-electron chi connectivity index (χ1n) is 3.39. The molecule has 8 heteroatoms. The van der Waals surface area contributed by atoms with Crippen LogP contribution in [0.4, 0.5) is 5.82 Å². The van der Waals surface area contributed by atoms with Crippen molar-refractivity contribution in [3.8, 4) is 0 Å². The predicted octanol–water partition coefficient (Wildman–Crippen LogP) is -1.27. The second-order valence-corrected chi connectivity index (χ2v) is 2.30. The maximum Gasteiger partial charge on any atom is 0.323 e. The average molecular weight is 186 g/mol. The minimum atomic E-state index is -1.31. The summed E-state index contributed by atoms with van der Waals surface area (Å²) in [6.07, 6.45) is -1.31. The molecule has 1 aliphatic rings. The number of methoxy groups -OCH3 is 1. The molecule has 0 spiro atoms. The highest BCUT2D eigenvalue weighted by Crippen LogP contribution is 2.22. The van der Waals surface area contributed by atoms with Gasteiger partial charge >= 0.3 is 5.82 Å². The number of aliphatic imine (C=N–C) groups is 1. The van der Waals surface area contributed by atoms with Gasteiger partial charge in [0.2, 0.25) is 6.23 Å². The standard InChI is InChI=1S/C5H6N4O4/c1-12-5-6-3-2(4(10)7-5)9(11)13-8-3/h4,10H,1H3,(H,6,7,8).